The monoisotopic (exact) mass is 272 g/mol. The summed E-state index contributed by atoms with van der Waals surface area (Å²) < 4.78 is 13.1. The van der Waals surface area contributed by atoms with Gasteiger partial charge in [-0.05, 0) is 6.42 Å². The molecule has 1 aromatic heterocycles. The first-order valence-corrected chi connectivity index (χ1v) is 8.09. The summed E-state index contributed by atoms with van der Waals surface area (Å²) in [5.41, 5.74) is 12.0. The number of nitrogens with two attached hydrogens (primary N) is 2. The van der Waals surface area contributed by atoms with Crippen molar-refractivity contribution in [2.24, 2.45) is 0 Å². The van der Waals surface area contributed by atoms with Crippen LogP contribution in [-0.4, -0.2) is 20.6 Å². The van der Waals surface area contributed by atoms with Gasteiger partial charge in [0.25, 0.3) is 5.03 Å². The van der Waals surface area contributed by atoms with E-state index in [1.165, 1.54) is 32.1 Å². The van der Waals surface area contributed by atoms with Crippen LogP contribution in [0.3, 0.4) is 0 Å². The lowest BCUT2D eigenvalue weighted by Gasteiger charge is -2.03. The van der Waals surface area contributed by atoms with E-state index in [1.807, 2.05) is 0 Å². The second-order valence-electron chi connectivity index (χ2n) is 4.55. The lowest BCUT2D eigenvalue weighted by atomic mass is 10.1. The highest BCUT2D eigenvalue weighted by Crippen LogP contribution is 2.24. The lowest BCUT2D eigenvalue weighted by molar-refractivity contribution is 0.522. The number of aryl methyl sites for hydroxylation is 1. The van der Waals surface area contributed by atoms with Crippen molar-refractivity contribution < 1.29 is 4.55 Å². The highest BCUT2D eigenvalue weighted by atomic mass is 32.2. The fourth-order valence-electron chi connectivity index (χ4n) is 1.89. The predicted molar refractivity (Wildman–Crippen MR) is 76.8 cm³/mol. The van der Waals surface area contributed by atoms with Gasteiger partial charge in [0.1, 0.15) is 6.26 Å². The van der Waals surface area contributed by atoms with Gasteiger partial charge in [0.15, 0.2) is 11.5 Å². The quantitative estimate of drug-likeness (QED) is 0.560. The smallest absolute Gasteiger partial charge is 0.288 e. The van der Waals surface area contributed by atoms with Crippen LogP contribution in [0.1, 0.15) is 45.4 Å². The first-order chi connectivity index (χ1) is 8.57. The van der Waals surface area contributed by atoms with E-state index in [4.69, 9.17) is 11.5 Å². The molecule has 1 heterocycles. The highest BCUT2D eigenvalue weighted by molar-refractivity contribution is 7.90. The molecule has 0 aromatic carbocycles. The van der Waals surface area contributed by atoms with Crippen molar-refractivity contribution in [2.75, 3.05) is 17.7 Å². The van der Waals surface area contributed by atoms with E-state index < -0.39 is 11.2 Å². The Bertz CT molecular complexity index is 365. The molecule has 0 amide bonds. The molecular formula is C12H24N4OS. The van der Waals surface area contributed by atoms with Crippen molar-refractivity contribution in [3.05, 3.63) is 0 Å². The maximum absolute atomic E-state index is 11.4. The Labute approximate surface area is 112 Å². The van der Waals surface area contributed by atoms with Gasteiger partial charge in [0.2, 0.25) is 0 Å². The van der Waals surface area contributed by atoms with Crippen LogP contribution >= 0.6 is 0 Å². The predicted octanol–water partition coefficient (Wildman–Crippen LogP) is 2.15. The minimum absolute atomic E-state index is 0.363. The molecule has 0 spiro atoms. The SMILES string of the molecule is CCCCCCCCn1nc([S+](C)[O-])c(N)c1N. The van der Waals surface area contributed by atoms with Crippen molar-refractivity contribution in [1.29, 1.82) is 0 Å². The second kappa shape index (κ2) is 7.53. The molecule has 104 valence electrons. The van der Waals surface area contributed by atoms with Crippen molar-refractivity contribution in [2.45, 2.75) is 57.0 Å². The van der Waals surface area contributed by atoms with Crippen LogP contribution in [0.5, 0.6) is 0 Å². The van der Waals surface area contributed by atoms with Crippen LogP contribution in [0.15, 0.2) is 5.03 Å². The molecule has 18 heavy (non-hydrogen) atoms. The molecule has 4 N–H and O–H groups in total. The van der Waals surface area contributed by atoms with Gasteiger partial charge < -0.3 is 16.0 Å². The Balaban J connectivity index is 2.41. The Morgan fingerprint density at radius 1 is 1.17 bits per heavy atom. The molecule has 0 bridgehead atoms. The van der Waals surface area contributed by atoms with Gasteiger partial charge in [-0.2, -0.15) is 0 Å². The van der Waals surface area contributed by atoms with Crippen LogP contribution in [-0.2, 0) is 17.7 Å². The zero-order valence-electron chi connectivity index (χ0n) is 11.3. The molecule has 0 saturated carbocycles. The number of anilines is 2. The van der Waals surface area contributed by atoms with Gasteiger partial charge in [-0.3, -0.25) is 0 Å². The zero-order chi connectivity index (χ0) is 13.5. The van der Waals surface area contributed by atoms with Crippen LogP contribution in [0.4, 0.5) is 11.5 Å². The largest absolute Gasteiger partial charge is 0.610 e. The summed E-state index contributed by atoms with van der Waals surface area (Å²) in [6, 6.07) is 0. The summed E-state index contributed by atoms with van der Waals surface area (Å²) in [5.74, 6) is 0.439. The number of unbranched alkanes of at least 4 members (excludes halogenated alkanes) is 5. The first kappa shape index (κ1) is 15.2. The number of hydrogen-bond acceptors (Lipinski definition) is 4. The highest BCUT2D eigenvalue weighted by Gasteiger charge is 2.19. The van der Waals surface area contributed by atoms with Gasteiger partial charge in [-0.1, -0.05) is 39.0 Å². The first-order valence-electron chi connectivity index (χ1n) is 6.53. The maximum atomic E-state index is 11.4. The van der Waals surface area contributed by atoms with Gasteiger partial charge in [-0.25, -0.2) is 4.68 Å². The maximum Gasteiger partial charge on any atom is 0.288 e. The summed E-state index contributed by atoms with van der Waals surface area (Å²) >= 11 is -1.18. The third-order valence-corrected chi connectivity index (χ3v) is 3.84. The molecule has 0 aliphatic heterocycles. The van der Waals surface area contributed by atoms with Gasteiger partial charge in [0, 0.05) is 17.7 Å². The van der Waals surface area contributed by atoms with Crippen molar-refractivity contribution >= 4 is 22.7 Å². The Morgan fingerprint density at radius 3 is 2.33 bits per heavy atom. The Hall–Kier alpha value is -0.880. The average Bonchev–Trinajstić information content (AvgIpc) is 2.62. The minimum Gasteiger partial charge on any atom is -0.610 e. The topological polar surface area (TPSA) is 92.9 Å². The van der Waals surface area contributed by atoms with Crippen LogP contribution in [0.2, 0.25) is 0 Å². The van der Waals surface area contributed by atoms with Gasteiger partial charge >= 0.3 is 0 Å². The standard InChI is InChI=1S/C12H24N4OS/c1-3-4-5-6-7-8-9-16-11(14)10(13)12(15-16)18(2)17/h3-9,13-14H2,1-2H3. The zero-order valence-corrected chi connectivity index (χ0v) is 12.1. The van der Waals surface area contributed by atoms with Crippen LogP contribution < -0.4 is 11.5 Å². The molecule has 0 fully saturated rings. The van der Waals surface area contributed by atoms with E-state index in [2.05, 4.69) is 12.0 Å². The average molecular weight is 272 g/mol. The van der Waals surface area contributed by atoms with Crippen LogP contribution in [0, 0.1) is 0 Å². The third-order valence-electron chi connectivity index (χ3n) is 2.99. The Morgan fingerprint density at radius 2 is 1.78 bits per heavy atom. The molecule has 0 aliphatic carbocycles. The molecule has 1 atom stereocenters. The van der Waals surface area contributed by atoms with E-state index in [0.29, 0.717) is 16.5 Å². The molecule has 1 unspecified atom stereocenters. The minimum atomic E-state index is -1.18. The van der Waals surface area contributed by atoms with Gasteiger partial charge in [0.05, 0.1) is 0 Å². The summed E-state index contributed by atoms with van der Waals surface area (Å²) in [6.45, 7) is 2.96. The van der Waals surface area contributed by atoms with Crippen molar-refractivity contribution in [3.63, 3.8) is 0 Å². The van der Waals surface area contributed by atoms with Crippen LogP contribution in [0.25, 0.3) is 0 Å². The lowest BCUT2D eigenvalue weighted by Crippen LogP contribution is -2.06. The normalized spacial score (nSPS) is 12.8. The molecule has 6 heteroatoms. The molecule has 5 nitrogen and oxygen atoms in total. The number of rotatable bonds is 8. The second-order valence-corrected chi connectivity index (χ2v) is 5.84. The number of nitrogens with zero attached hydrogens (tertiary/aromatic N) is 2. The molecule has 1 rings (SSSR count). The fraction of sp³-hybridized carbons (Fsp3) is 0.750. The van der Waals surface area contributed by atoms with E-state index >= 15 is 0 Å². The molecule has 0 saturated heterocycles. The van der Waals surface area contributed by atoms with Crippen molar-refractivity contribution in [3.8, 4) is 0 Å². The molecule has 1 aromatic rings. The Kier molecular flexibility index (Phi) is 6.35. The summed E-state index contributed by atoms with van der Waals surface area (Å²) in [7, 11) is 0. The molecule has 0 radical (unpaired) electrons. The molecular weight excluding hydrogens is 248 g/mol. The third kappa shape index (κ3) is 4.10. The van der Waals surface area contributed by atoms with E-state index in [-0.39, 0.29) is 0 Å². The van der Waals surface area contributed by atoms with E-state index in [0.717, 1.165) is 13.0 Å². The summed E-state index contributed by atoms with van der Waals surface area (Å²) in [5, 5.41) is 4.61. The number of nitrogen functional groups attached to an aromatic ring is 2. The van der Waals surface area contributed by atoms with Gasteiger partial charge in [-0.15, -0.1) is 5.10 Å². The molecule has 0 aliphatic rings. The van der Waals surface area contributed by atoms with E-state index in [1.54, 1.807) is 10.9 Å². The van der Waals surface area contributed by atoms with E-state index in [9.17, 15) is 4.55 Å². The fourth-order valence-corrected chi connectivity index (χ4v) is 2.52. The summed E-state index contributed by atoms with van der Waals surface area (Å²) in [6.07, 6.45) is 8.86. The van der Waals surface area contributed by atoms with Crippen molar-refractivity contribution in [1.82, 2.24) is 9.78 Å². The number of aromatic nitrogens is 2. The number of hydrogen-bond donors (Lipinski definition) is 2. The summed E-state index contributed by atoms with van der Waals surface area (Å²) in [4.78, 5) is 0.